The lowest BCUT2D eigenvalue weighted by Crippen LogP contribution is -2.48. The first-order valence-electron chi connectivity index (χ1n) is 10.4. The zero-order chi connectivity index (χ0) is 19.9. The van der Waals surface area contributed by atoms with Gasteiger partial charge in [-0.3, -0.25) is 9.59 Å². The van der Waals surface area contributed by atoms with Crippen molar-refractivity contribution in [3.05, 3.63) is 35.4 Å². The number of hydrogen-bond donors (Lipinski definition) is 2. The smallest absolute Gasteiger partial charge is 0.335 e. The Morgan fingerprint density at radius 1 is 0.964 bits per heavy atom. The van der Waals surface area contributed by atoms with Crippen molar-refractivity contribution >= 4 is 17.8 Å². The molecule has 1 aliphatic heterocycles. The highest BCUT2D eigenvalue weighted by Gasteiger charge is 2.27. The predicted octanol–water partition coefficient (Wildman–Crippen LogP) is 3.00. The van der Waals surface area contributed by atoms with E-state index in [0.717, 1.165) is 44.1 Å². The number of benzene rings is 1. The second-order valence-electron chi connectivity index (χ2n) is 8.00. The summed E-state index contributed by atoms with van der Waals surface area (Å²) in [4.78, 5) is 37.6. The summed E-state index contributed by atoms with van der Waals surface area (Å²) in [6.45, 7) is 1.37. The fraction of sp³-hybridized carbons (Fsp3) is 0.591. The first kappa shape index (κ1) is 20.4. The number of aryl methyl sites for hydroxylation is 1. The van der Waals surface area contributed by atoms with E-state index in [1.54, 1.807) is 24.3 Å². The molecule has 2 N–H and O–H groups in total. The lowest BCUT2D eigenvalue weighted by molar-refractivity contribution is -0.132. The van der Waals surface area contributed by atoms with E-state index in [2.05, 4.69) is 5.32 Å². The molecule has 1 aromatic rings. The van der Waals surface area contributed by atoms with E-state index in [9.17, 15) is 14.4 Å². The van der Waals surface area contributed by atoms with Crippen molar-refractivity contribution in [2.45, 2.75) is 63.8 Å². The number of aromatic carboxylic acids is 1. The third-order valence-electron chi connectivity index (χ3n) is 6.00. The van der Waals surface area contributed by atoms with Crippen LogP contribution in [0.15, 0.2) is 24.3 Å². The minimum absolute atomic E-state index is 0.124. The van der Waals surface area contributed by atoms with Crippen LogP contribution in [0.4, 0.5) is 0 Å². The third kappa shape index (κ3) is 5.57. The zero-order valence-corrected chi connectivity index (χ0v) is 16.4. The van der Waals surface area contributed by atoms with E-state index in [4.69, 9.17) is 5.11 Å². The van der Waals surface area contributed by atoms with Crippen LogP contribution in [0, 0.1) is 5.92 Å². The quantitative estimate of drug-likeness (QED) is 0.787. The van der Waals surface area contributed by atoms with Crippen molar-refractivity contribution in [1.29, 1.82) is 0 Å². The molecule has 2 fully saturated rings. The highest BCUT2D eigenvalue weighted by molar-refractivity contribution is 5.87. The summed E-state index contributed by atoms with van der Waals surface area (Å²) >= 11 is 0. The Balaban J connectivity index is 1.38. The van der Waals surface area contributed by atoms with Crippen LogP contribution in [0.3, 0.4) is 0 Å². The van der Waals surface area contributed by atoms with Gasteiger partial charge in [0.1, 0.15) is 0 Å². The van der Waals surface area contributed by atoms with Gasteiger partial charge < -0.3 is 15.3 Å². The van der Waals surface area contributed by atoms with Gasteiger partial charge in [-0.2, -0.15) is 0 Å². The number of carboxylic acids is 1. The van der Waals surface area contributed by atoms with Gasteiger partial charge in [-0.15, -0.1) is 0 Å². The molecular formula is C22H30N2O4. The molecule has 6 nitrogen and oxygen atoms in total. The maximum atomic E-state index is 12.5. The standard InChI is InChI=1S/C22H30N2O4/c25-20(11-8-16-6-9-18(10-7-16)22(27)28)24-14-12-19(13-15-24)23-21(26)17-4-2-1-3-5-17/h6-7,9-10,17,19H,1-5,8,11-15H2,(H,23,26)(H,27,28). The van der Waals surface area contributed by atoms with Gasteiger partial charge in [-0.25, -0.2) is 4.79 Å². The van der Waals surface area contributed by atoms with Gasteiger partial charge in [-0.05, 0) is 49.8 Å². The average Bonchev–Trinajstić information content (AvgIpc) is 2.73. The molecule has 2 amide bonds. The van der Waals surface area contributed by atoms with Crippen LogP contribution in [0.5, 0.6) is 0 Å². The summed E-state index contributed by atoms with van der Waals surface area (Å²) in [5.41, 5.74) is 1.22. The molecule has 6 heteroatoms. The minimum atomic E-state index is -0.943. The molecule has 1 heterocycles. The summed E-state index contributed by atoms with van der Waals surface area (Å²) in [5, 5.41) is 12.1. The van der Waals surface area contributed by atoms with Gasteiger partial charge in [0.2, 0.25) is 11.8 Å². The summed E-state index contributed by atoms with van der Waals surface area (Å²) in [5.74, 6) is -0.435. The Kier molecular flexibility index (Phi) is 7.06. The molecule has 28 heavy (non-hydrogen) atoms. The Hall–Kier alpha value is -2.37. The summed E-state index contributed by atoms with van der Waals surface area (Å²) < 4.78 is 0. The van der Waals surface area contributed by atoms with Crippen molar-refractivity contribution in [2.24, 2.45) is 5.92 Å². The number of likely N-dealkylation sites (tertiary alicyclic amines) is 1. The minimum Gasteiger partial charge on any atom is -0.478 e. The maximum absolute atomic E-state index is 12.5. The molecule has 0 radical (unpaired) electrons. The van der Waals surface area contributed by atoms with Gasteiger partial charge >= 0.3 is 5.97 Å². The molecule has 3 rings (SSSR count). The van der Waals surface area contributed by atoms with Gasteiger partial charge in [-0.1, -0.05) is 31.4 Å². The molecule has 1 saturated carbocycles. The van der Waals surface area contributed by atoms with Crippen molar-refractivity contribution in [2.75, 3.05) is 13.1 Å². The number of hydrogen-bond acceptors (Lipinski definition) is 3. The van der Waals surface area contributed by atoms with Crippen LogP contribution in [0.2, 0.25) is 0 Å². The number of nitrogens with zero attached hydrogens (tertiary/aromatic N) is 1. The molecule has 0 aromatic heterocycles. The third-order valence-corrected chi connectivity index (χ3v) is 6.00. The molecule has 152 valence electrons. The zero-order valence-electron chi connectivity index (χ0n) is 16.4. The molecule has 0 spiro atoms. The highest BCUT2D eigenvalue weighted by atomic mass is 16.4. The van der Waals surface area contributed by atoms with E-state index in [1.165, 1.54) is 6.42 Å². The van der Waals surface area contributed by atoms with E-state index >= 15 is 0 Å². The number of piperidine rings is 1. The topological polar surface area (TPSA) is 86.7 Å². The summed E-state index contributed by atoms with van der Waals surface area (Å²) in [6, 6.07) is 6.86. The highest BCUT2D eigenvalue weighted by Crippen LogP contribution is 2.24. The van der Waals surface area contributed by atoms with E-state index in [1.807, 2.05) is 4.90 Å². The Labute approximate surface area is 166 Å². The number of nitrogens with one attached hydrogen (secondary N) is 1. The summed E-state index contributed by atoms with van der Waals surface area (Å²) in [7, 11) is 0. The van der Waals surface area contributed by atoms with E-state index < -0.39 is 5.97 Å². The Morgan fingerprint density at radius 2 is 1.61 bits per heavy atom. The van der Waals surface area contributed by atoms with Crippen LogP contribution in [0.25, 0.3) is 0 Å². The van der Waals surface area contributed by atoms with Gasteiger partial charge in [0, 0.05) is 31.5 Å². The lowest BCUT2D eigenvalue weighted by Gasteiger charge is -2.33. The second kappa shape index (κ2) is 9.71. The number of carboxylic acid groups (broad SMARTS) is 1. The molecule has 1 saturated heterocycles. The summed E-state index contributed by atoms with van der Waals surface area (Å²) in [6.07, 6.45) is 8.24. The van der Waals surface area contributed by atoms with Crippen LogP contribution in [0.1, 0.15) is 67.3 Å². The van der Waals surface area contributed by atoms with Gasteiger partial charge in [0.15, 0.2) is 0 Å². The molecule has 1 aromatic carbocycles. The Morgan fingerprint density at radius 3 is 2.21 bits per heavy atom. The van der Waals surface area contributed by atoms with Crippen molar-refractivity contribution in [3.8, 4) is 0 Å². The first-order valence-corrected chi connectivity index (χ1v) is 10.4. The average molecular weight is 386 g/mol. The molecular weight excluding hydrogens is 356 g/mol. The first-order chi connectivity index (χ1) is 13.5. The Bertz CT molecular complexity index is 687. The number of rotatable bonds is 6. The molecule has 2 aliphatic rings. The normalized spacial score (nSPS) is 18.6. The van der Waals surface area contributed by atoms with E-state index in [0.29, 0.717) is 25.9 Å². The monoisotopic (exact) mass is 386 g/mol. The van der Waals surface area contributed by atoms with Crippen molar-refractivity contribution < 1.29 is 19.5 Å². The van der Waals surface area contributed by atoms with E-state index in [-0.39, 0.29) is 29.3 Å². The SMILES string of the molecule is O=C(O)c1ccc(CCC(=O)N2CCC(NC(=O)C3CCCCC3)CC2)cc1. The largest absolute Gasteiger partial charge is 0.478 e. The van der Waals surface area contributed by atoms with Crippen LogP contribution in [-0.2, 0) is 16.0 Å². The molecule has 0 atom stereocenters. The number of carbonyl (C=O) groups excluding carboxylic acids is 2. The molecule has 0 unspecified atom stereocenters. The van der Waals surface area contributed by atoms with Crippen LogP contribution >= 0.6 is 0 Å². The van der Waals surface area contributed by atoms with Gasteiger partial charge in [0.05, 0.1) is 5.56 Å². The number of amides is 2. The van der Waals surface area contributed by atoms with Crippen LogP contribution in [-0.4, -0.2) is 46.9 Å². The fourth-order valence-corrected chi connectivity index (χ4v) is 4.18. The second-order valence-corrected chi connectivity index (χ2v) is 8.00. The molecule has 0 bridgehead atoms. The maximum Gasteiger partial charge on any atom is 0.335 e. The van der Waals surface area contributed by atoms with Crippen molar-refractivity contribution in [1.82, 2.24) is 10.2 Å². The predicted molar refractivity (Wildman–Crippen MR) is 106 cm³/mol. The lowest BCUT2D eigenvalue weighted by atomic mass is 9.88. The fourth-order valence-electron chi connectivity index (χ4n) is 4.18. The van der Waals surface area contributed by atoms with Crippen molar-refractivity contribution in [3.63, 3.8) is 0 Å². The molecule has 1 aliphatic carbocycles. The van der Waals surface area contributed by atoms with Gasteiger partial charge in [0.25, 0.3) is 0 Å². The number of carbonyl (C=O) groups is 3. The van der Waals surface area contributed by atoms with Crippen LogP contribution < -0.4 is 5.32 Å².